The number of hydrogen-bond donors (Lipinski definition) is 0. The van der Waals surface area contributed by atoms with E-state index in [1.807, 2.05) is 24.3 Å². The number of methoxy groups -OCH3 is 1. The fourth-order valence-electron chi connectivity index (χ4n) is 1.78. The highest BCUT2D eigenvalue weighted by Crippen LogP contribution is 2.27. The van der Waals surface area contributed by atoms with Crippen molar-refractivity contribution in [3.8, 4) is 5.75 Å². The van der Waals surface area contributed by atoms with Crippen molar-refractivity contribution < 1.29 is 13.2 Å². The predicted molar refractivity (Wildman–Crippen MR) is 86.4 cm³/mol. The number of halogens is 1. The zero-order valence-corrected chi connectivity index (χ0v) is 14.0. The van der Waals surface area contributed by atoms with E-state index < -0.39 is 10.0 Å². The fraction of sp³-hybridized carbons (Fsp3) is 0.385. The maximum absolute atomic E-state index is 11.9. The molecular formula is C13H18INO3S. The molecule has 106 valence electrons. The summed E-state index contributed by atoms with van der Waals surface area (Å²) in [6, 6.07) is 7.26. The lowest BCUT2D eigenvalue weighted by Gasteiger charge is -2.27. The standard InChI is InChI=1S/C13H18INO3S/c1-4-9-15(19(3,16)17)13(10-14)11-5-7-12(18-2)8-6-11/h4-8,13H,1,9-10H2,2-3H3. The van der Waals surface area contributed by atoms with Crippen molar-refractivity contribution in [2.75, 3.05) is 24.3 Å². The average Bonchev–Trinajstić information content (AvgIpc) is 2.38. The summed E-state index contributed by atoms with van der Waals surface area (Å²) in [6.07, 6.45) is 2.82. The molecule has 0 aliphatic rings. The van der Waals surface area contributed by atoms with Crippen molar-refractivity contribution in [2.45, 2.75) is 6.04 Å². The number of benzene rings is 1. The van der Waals surface area contributed by atoms with Crippen molar-refractivity contribution in [1.29, 1.82) is 0 Å². The van der Waals surface area contributed by atoms with Crippen LogP contribution in [0.25, 0.3) is 0 Å². The van der Waals surface area contributed by atoms with Gasteiger partial charge in [0.25, 0.3) is 0 Å². The van der Waals surface area contributed by atoms with Crippen LogP contribution in [-0.2, 0) is 10.0 Å². The van der Waals surface area contributed by atoms with Crippen molar-refractivity contribution in [3.63, 3.8) is 0 Å². The molecule has 0 amide bonds. The molecule has 1 rings (SSSR count). The minimum absolute atomic E-state index is 0.195. The molecule has 1 unspecified atom stereocenters. The van der Waals surface area contributed by atoms with Crippen LogP contribution in [0.15, 0.2) is 36.9 Å². The number of nitrogens with zero attached hydrogens (tertiary/aromatic N) is 1. The molecule has 19 heavy (non-hydrogen) atoms. The van der Waals surface area contributed by atoms with Gasteiger partial charge in [-0.3, -0.25) is 0 Å². The van der Waals surface area contributed by atoms with E-state index >= 15 is 0 Å². The van der Waals surface area contributed by atoms with Crippen LogP contribution in [0.2, 0.25) is 0 Å². The summed E-state index contributed by atoms with van der Waals surface area (Å²) in [6.45, 7) is 3.93. The van der Waals surface area contributed by atoms with E-state index in [1.54, 1.807) is 13.2 Å². The van der Waals surface area contributed by atoms with Gasteiger partial charge in [0.1, 0.15) is 5.75 Å². The number of sulfonamides is 1. The Morgan fingerprint density at radius 2 is 2.00 bits per heavy atom. The molecule has 0 saturated heterocycles. The van der Waals surface area contributed by atoms with Crippen LogP contribution in [0.5, 0.6) is 5.75 Å². The van der Waals surface area contributed by atoms with Crippen molar-refractivity contribution in [3.05, 3.63) is 42.5 Å². The molecular weight excluding hydrogens is 377 g/mol. The van der Waals surface area contributed by atoms with Gasteiger partial charge in [0.2, 0.25) is 10.0 Å². The minimum atomic E-state index is -3.28. The van der Waals surface area contributed by atoms with E-state index in [9.17, 15) is 8.42 Å². The van der Waals surface area contributed by atoms with Crippen LogP contribution in [-0.4, -0.2) is 37.1 Å². The largest absolute Gasteiger partial charge is 0.497 e. The Bertz CT molecular complexity index is 513. The van der Waals surface area contributed by atoms with Gasteiger partial charge in [0.15, 0.2) is 0 Å². The van der Waals surface area contributed by atoms with Crippen LogP contribution in [0.4, 0.5) is 0 Å². The predicted octanol–water partition coefficient (Wildman–Crippen LogP) is 2.62. The number of ether oxygens (including phenoxy) is 1. The van der Waals surface area contributed by atoms with E-state index in [0.717, 1.165) is 11.3 Å². The summed E-state index contributed by atoms with van der Waals surface area (Å²) >= 11 is 2.19. The molecule has 4 nitrogen and oxygen atoms in total. The fourth-order valence-corrected chi connectivity index (χ4v) is 4.07. The Kier molecular flexibility index (Phi) is 6.28. The van der Waals surface area contributed by atoms with Crippen LogP contribution in [0, 0.1) is 0 Å². The molecule has 0 saturated carbocycles. The first-order chi connectivity index (χ1) is 8.93. The Morgan fingerprint density at radius 3 is 2.37 bits per heavy atom. The Morgan fingerprint density at radius 1 is 1.42 bits per heavy atom. The Labute approximate surface area is 128 Å². The maximum Gasteiger partial charge on any atom is 0.212 e. The zero-order chi connectivity index (χ0) is 14.5. The lowest BCUT2D eigenvalue weighted by atomic mass is 10.1. The van der Waals surface area contributed by atoms with E-state index in [4.69, 9.17) is 4.74 Å². The van der Waals surface area contributed by atoms with E-state index in [2.05, 4.69) is 29.2 Å². The third kappa shape index (κ3) is 4.47. The van der Waals surface area contributed by atoms with Gasteiger partial charge in [-0.1, -0.05) is 40.8 Å². The average molecular weight is 395 g/mol. The van der Waals surface area contributed by atoms with Gasteiger partial charge in [-0.05, 0) is 17.7 Å². The van der Waals surface area contributed by atoms with Gasteiger partial charge in [-0.25, -0.2) is 8.42 Å². The lowest BCUT2D eigenvalue weighted by Crippen LogP contribution is -2.35. The molecule has 1 aromatic carbocycles. The van der Waals surface area contributed by atoms with Crippen molar-refractivity contribution in [1.82, 2.24) is 4.31 Å². The molecule has 0 radical (unpaired) electrons. The quantitative estimate of drug-likeness (QED) is 0.405. The Balaban J connectivity index is 3.11. The van der Waals surface area contributed by atoms with E-state index in [1.165, 1.54) is 10.6 Å². The van der Waals surface area contributed by atoms with Crippen molar-refractivity contribution in [2.24, 2.45) is 0 Å². The summed E-state index contributed by atoms with van der Waals surface area (Å²) in [5.41, 5.74) is 0.947. The molecule has 0 spiro atoms. The van der Waals surface area contributed by atoms with Crippen LogP contribution < -0.4 is 4.74 Å². The molecule has 0 aliphatic heterocycles. The molecule has 0 aliphatic carbocycles. The smallest absolute Gasteiger partial charge is 0.212 e. The molecule has 0 fully saturated rings. The first kappa shape index (κ1) is 16.5. The number of rotatable bonds is 7. The summed E-state index contributed by atoms with van der Waals surface area (Å²) in [7, 11) is -1.67. The van der Waals surface area contributed by atoms with Gasteiger partial charge in [0, 0.05) is 11.0 Å². The third-order valence-corrected chi connectivity index (χ3v) is 4.82. The molecule has 0 N–H and O–H groups in total. The first-order valence-corrected chi connectivity index (χ1v) is 9.09. The summed E-state index contributed by atoms with van der Waals surface area (Å²) in [5, 5.41) is 0. The SMILES string of the molecule is C=CCN(C(CI)c1ccc(OC)cc1)S(C)(=O)=O. The molecule has 0 aromatic heterocycles. The van der Waals surface area contributed by atoms with Gasteiger partial charge in [0.05, 0.1) is 19.4 Å². The zero-order valence-electron chi connectivity index (χ0n) is 11.0. The van der Waals surface area contributed by atoms with Gasteiger partial charge < -0.3 is 4.74 Å². The van der Waals surface area contributed by atoms with Crippen LogP contribution in [0.3, 0.4) is 0 Å². The van der Waals surface area contributed by atoms with E-state index in [0.29, 0.717) is 11.0 Å². The number of alkyl halides is 1. The summed E-state index contributed by atoms with van der Waals surface area (Å²) in [4.78, 5) is 0. The second kappa shape index (κ2) is 7.25. The highest BCUT2D eigenvalue weighted by molar-refractivity contribution is 14.1. The monoisotopic (exact) mass is 395 g/mol. The first-order valence-electron chi connectivity index (χ1n) is 5.71. The van der Waals surface area contributed by atoms with Crippen LogP contribution in [0.1, 0.15) is 11.6 Å². The summed E-state index contributed by atoms with van der Waals surface area (Å²) < 4.78 is 31.0. The second-order valence-electron chi connectivity index (χ2n) is 4.06. The van der Waals surface area contributed by atoms with Gasteiger partial charge >= 0.3 is 0 Å². The highest BCUT2D eigenvalue weighted by Gasteiger charge is 2.26. The lowest BCUT2D eigenvalue weighted by molar-refractivity contribution is 0.380. The molecule has 6 heteroatoms. The Hall–Kier alpha value is -0.600. The van der Waals surface area contributed by atoms with Crippen LogP contribution >= 0.6 is 22.6 Å². The van der Waals surface area contributed by atoms with E-state index in [-0.39, 0.29) is 6.04 Å². The highest BCUT2D eigenvalue weighted by atomic mass is 127. The summed E-state index contributed by atoms with van der Waals surface area (Å²) in [5.74, 6) is 0.755. The molecule has 1 aromatic rings. The van der Waals surface area contributed by atoms with Crippen molar-refractivity contribution >= 4 is 32.6 Å². The van der Waals surface area contributed by atoms with Gasteiger partial charge in [-0.15, -0.1) is 6.58 Å². The topological polar surface area (TPSA) is 46.6 Å². The molecule has 0 bridgehead atoms. The second-order valence-corrected chi connectivity index (χ2v) is 6.88. The normalized spacial score (nSPS) is 13.3. The molecule has 1 atom stereocenters. The minimum Gasteiger partial charge on any atom is -0.497 e. The number of hydrogen-bond acceptors (Lipinski definition) is 3. The third-order valence-electron chi connectivity index (χ3n) is 2.73. The van der Waals surface area contributed by atoms with Gasteiger partial charge in [-0.2, -0.15) is 4.31 Å². The maximum atomic E-state index is 11.9. The molecule has 0 heterocycles.